The second-order valence-corrected chi connectivity index (χ2v) is 7.46. The molecule has 1 heterocycles. The third-order valence-electron chi connectivity index (χ3n) is 4.90. The van der Waals surface area contributed by atoms with Crippen molar-refractivity contribution in [2.24, 2.45) is 0 Å². The Hall–Kier alpha value is -2.69. The molecule has 5 nitrogen and oxygen atoms in total. The smallest absolute Gasteiger partial charge is 0.317 e. The largest absolute Gasteiger partial charge is 0.491 e. The summed E-state index contributed by atoms with van der Waals surface area (Å²) in [6.07, 6.45) is 2.13. The van der Waals surface area contributed by atoms with Crippen LogP contribution in [0.15, 0.2) is 54.6 Å². The summed E-state index contributed by atoms with van der Waals surface area (Å²) in [6.45, 7) is 7.96. The van der Waals surface area contributed by atoms with Gasteiger partial charge in [0, 0.05) is 38.4 Å². The van der Waals surface area contributed by atoms with Crippen molar-refractivity contribution < 1.29 is 9.53 Å². The van der Waals surface area contributed by atoms with Crippen LogP contribution in [0.25, 0.3) is 0 Å². The number of benzene rings is 2. The molecule has 3 rings (SSSR count). The van der Waals surface area contributed by atoms with Gasteiger partial charge >= 0.3 is 6.03 Å². The first-order valence-corrected chi connectivity index (χ1v) is 10.2. The molecule has 0 atom stereocenters. The number of amides is 2. The van der Waals surface area contributed by atoms with Crippen molar-refractivity contribution in [3.8, 4) is 5.75 Å². The highest BCUT2D eigenvalue weighted by molar-refractivity contribution is 5.74. The minimum Gasteiger partial charge on any atom is -0.491 e. The fraction of sp³-hybridized carbons (Fsp3) is 0.435. The standard InChI is InChI=1S/C23H31N3O2/c1-19(2)28-22-12-10-21(11-13-22)25-15-17-26(18-16-25)23(27)24-14-6-9-20-7-4-3-5-8-20/h3-5,7-8,10-13,19H,6,9,14-18H2,1-2H3,(H,24,27). The molecule has 150 valence electrons. The van der Waals surface area contributed by atoms with Crippen molar-refractivity contribution in [1.82, 2.24) is 10.2 Å². The molecule has 0 aliphatic carbocycles. The number of hydrogen-bond donors (Lipinski definition) is 1. The van der Waals surface area contributed by atoms with E-state index in [0.29, 0.717) is 6.54 Å². The summed E-state index contributed by atoms with van der Waals surface area (Å²) in [7, 11) is 0. The molecule has 2 aromatic rings. The molecule has 1 saturated heterocycles. The van der Waals surface area contributed by atoms with Crippen molar-refractivity contribution in [2.45, 2.75) is 32.8 Å². The first-order chi connectivity index (χ1) is 13.6. The van der Waals surface area contributed by atoms with Gasteiger partial charge in [-0.2, -0.15) is 0 Å². The molecule has 28 heavy (non-hydrogen) atoms. The molecular weight excluding hydrogens is 350 g/mol. The van der Waals surface area contributed by atoms with Crippen LogP contribution in [0.1, 0.15) is 25.8 Å². The maximum atomic E-state index is 12.4. The van der Waals surface area contributed by atoms with Crippen molar-refractivity contribution >= 4 is 11.7 Å². The number of piperazine rings is 1. The van der Waals surface area contributed by atoms with Crippen LogP contribution in [0.3, 0.4) is 0 Å². The number of carbonyl (C=O) groups is 1. The summed E-state index contributed by atoms with van der Waals surface area (Å²) in [5.41, 5.74) is 2.49. The number of nitrogens with zero attached hydrogens (tertiary/aromatic N) is 2. The zero-order chi connectivity index (χ0) is 19.8. The van der Waals surface area contributed by atoms with E-state index in [1.807, 2.05) is 36.9 Å². The van der Waals surface area contributed by atoms with E-state index in [-0.39, 0.29) is 12.1 Å². The Morgan fingerprint density at radius 2 is 1.68 bits per heavy atom. The molecule has 5 heteroatoms. The van der Waals surface area contributed by atoms with Crippen molar-refractivity contribution in [1.29, 1.82) is 0 Å². The first-order valence-electron chi connectivity index (χ1n) is 10.2. The maximum absolute atomic E-state index is 12.4. The normalized spacial score (nSPS) is 14.2. The van der Waals surface area contributed by atoms with E-state index in [1.165, 1.54) is 11.3 Å². The number of nitrogens with one attached hydrogen (secondary N) is 1. The lowest BCUT2D eigenvalue weighted by molar-refractivity contribution is 0.194. The number of anilines is 1. The van der Waals surface area contributed by atoms with Gasteiger partial charge in [0.1, 0.15) is 5.75 Å². The van der Waals surface area contributed by atoms with Crippen molar-refractivity contribution in [2.75, 3.05) is 37.6 Å². The van der Waals surface area contributed by atoms with Gasteiger partial charge in [0.15, 0.2) is 0 Å². The molecule has 1 fully saturated rings. The van der Waals surface area contributed by atoms with Crippen LogP contribution < -0.4 is 15.0 Å². The Balaban J connectivity index is 1.37. The fourth-order valence-electron chi connectivity index (χ4n) is 3.42. The number of urea groups is 1. The van der Waals surface area contributed by atoms with E-state index in [0.717, 1.165) is 44.8 Å². The maximum Gasteiger partial charge on any atom is 0.317 e. The summed E-state index contributed by atoms with van der Waals surface area (Å²) >= 11 is 0. The molecule has 1 aliphatic rings. The minimum atomic E-state index is 0.0494. The molecule has 2 amide bonds. The number of ether oxygens (including phenoxy) is 1. The third kappa shape index (κ3) is 5.91. The Morgan fingerprint density at radius 1 is 1.00 bits per heavy atom. The summed E-state index contributed by atoms with van der Waals surface area (Å²) in [4.78, 5) is 16.6. The SMILES string of the molecule is CC(C)Oc1ccc(N2CCN(C(=O)NCCCc3ccccc3)CC2)cc1. The van der Waals surface area contributed by atoms with E-state index in [9.17, 15) is 4.79 Å². The van der Waals surface area contributed by atoms with Gasteiger partial charge in [-0.15, -0.1) is 0 Å². The van der Waals surface area contributed by atoms with Crippen molar-refractivity contribution in [3.63, 3.8) is 0 Å². The van der Waals surface area contributed by atoms with E-state index in [1.54, 1.807) is 0 Å². The Labute approximate surface area is 168 Å². The number of hydrogen-bond acceptors (Lipinski definition) is 3. The molecule has 0 saturated carbocycles. The highest BCUT2D eigenvalue weighted by Gasteiger charge is 2.21. The molecular formula is C23H31N3O2. The molecule has 1 N–H and O–H groups in total. The van der Waals surface area contributed by atoms with E-state index >= 15 is 0 Å². The van der Waals surface area contributed by atoms with Gasteiger partial charge in [0.2, 0.25) is 0 Å². The lowest BCUT2D eigenvalue weighted by Crippen LogP contribution is -2.52. The van der Waals surface area contributed by atoms with E-state index < -0.39 is 0 Å². The monoisotopic (exact) mass is 381 g/mol. The number of rotatable bonds is 7. The molecule has 0 aromatic heterocycles. The molecule has 0 spiro atoms. The Bertz CT molecular complexity index is 723. The van der Waals surface area contributed by atoms with Crippen LogP contribution in [0.4, 0.5) is 10.5 Å². The lowest BCUT2D eigenvalue weighted by Gasteiger charge is -2.36. The van der Waals surface area contributed by atoms with Gasteiger partial charge in [-0.3, -0.25) is 0 Å². The molecule has 0 radical (unpaired) electrons. The highest BCUT2D eigenvalue weighted by Crippen LogP contribution is 2.21. The van der Waals surface area contributed by atoms with Crippen LogP contribution in [0, 0.1) is 0 Å². The second-order valence-electron chi connectivity index (χ2n) is 7.46. The summed E-state index contributed by atoms with van der Waals surface area (Å²) in [5.74, 6) is 0.896. The van der Waals surface area contributed by atoms with E-state index in [2.05, 4.69) is 46.6 Å². The van der Waals surface area contributed by atoms with Gasteiger partial charge in [0.05, 0.1) is 6.10 Å². The van der Waals surface area contributed by atoms with Gasteiger partial charge in [-0.1, -0.05) is 30.3 Å². The third-order valence-corrected chi connectivity index (χ3v) is 4.90. The molecule has 0 unspecified atom stereocenters. The Kier molecular flexibility index (Phi) is 7.18. The van der Waals surface area contributed by atoms with Crippen LogP contribution in [-0.4, -0.2) is 49.8 Å². The van der Waals surface area contributed by atoms with Crippen LogP contribution in [0.2, 0.25) is 0 Å². The highest BCUT2D eigenvalue weighted by atomic mass is 16.5. The van der Waals surface area contributed by atoms with Crippen molar-refractivity contribution in [3.05, 3.63) is 60.2 Å². The minimum absolute atomic E-state index is 0.0494. The Morgan fingerprint density at radius 3 is 2.32 bits per heavy atom. The number of carbonyl (C=O) groups excluding carboxylic acids is 1. The molecule has 1 aliphatic heterocycles. The lowest BCUT2D eigenvalue weighted by atomic mass is 10.1. The van der Waals surface area contributed by atoms with Crippen LogP contribution >= 0.6 is 0 Å². The van der Waals surface area contributed by atoms with Gasteiger partial charge in [-0.25, -0.2) is 4.79 Å². The fourth-order valence-corrected chi connectivity index (χ4v) is 3.42. The predicted molar refractivity (Wildman–Crippen MR) is 114 cm³/mol. The molecule has 0 bridgehead atoms. The zero-order valence-electron chi connectivity index (χ0n) is 16.9. The van der Waals surface area contributed by atoms with E-state index in [4.69, 9.17) is 4.74 Å². The number of aryl methyl sites for hydroxylation is 1. The summed E-state index contributed by atoms with van der Waals surface area (Å²) < 4.78 is 5.70. The first kappa shape index (κ1) is 20.1. The average molecular weight is 382 g/mol. The predicted octanol–water partition coefficient (Wildman–Crippen LogP) is 3.94. The quantitative estimate of drug-likeness (QED) is 0.739. The van der Waals surface area contributed by atoms with Crippen LogP contribution in [0.5, 0.6) is 5.75 Å². The van der Waals surface area contributed by atoms with Crippen LogP contribution in [-0.2, 0) is 6.42 Å². The zero-order valence-corrected chi connectivity index (χ0v) is 16.9. The summed E-state index contributed by atoms with van der Waals surface area (Å²) in [6, 6.07) is 18.7. The van der Waals surface area contributed by atoms with Gasteiger partial charge in [-0.05, 0) is 56.5 Å². The van der Waals surface area contributed by atoms with Gasteiger partial charge in [0.25, 0.3) is 0 Å². The molecule has 2 aromatic carbocycles. The topological polar surface area (TPSA) is 44.8 Å². The summed E-state index contributed by atoms with van der Waals surface area (Å²) in [5, 5.41) is 3.05. The van der Waals surface area contributed by atoms with Gasteiger partial charge < -0.3 is 19.9 Å². The second kappa shape index (κ2) is 10.0. The average Bonchev–Trinajstić information content (AvgIpc) is 2.72.